The number of rotatable bonds is 9. The first-order valence-corrected chi connectivity index (χ1v) is 7.74. The summed E-state index contributed by atoms with van der Waals surface area (Å²) in [7, 11) is 0. The van der Waals surface area contributed by atoms with Crippen LogP contribution in [0.15, 0.2) is 28.7 Å². The van der Waals surface area contributed by atoms with Crippen molar-refractivity contribution in [2.75, 3.05) is 13.2 Å². The summed E-state index contributed by atoms with van der Waals surface area (Å²) in [4.78, 5) is 11.5. The molecule has 0 fully saturated rings. The molecule has 0 saturated heterocycles. The van der Waals surface area contributed by atoms with Crippen LogP contribution in [0.1, 0.15) is 32.6 Å². The van der Waals surface area contributed by atoms with Crippen LogP contribution in [0.25, 0.3) is 0 Å². The van der Waals surface area contributed by atoms with Crippen LogP contribution >= 0.6 is 15.9 Å². The first-order chi connectivity index (χ1) is 9.61. The number of ether oxygens (including phenoxy) is 1. The number of hydrogen-bond donors (Lipinski definition) is 2. The fraction of sp³-hybridized carbons (Fsp3) is 0.533. The van der Waals surface area contributed by atoms with Crippen LogP contribution in [-0.4, -0.2) is 30.3 Å². The quantitative estimate of drug-likeness (QED) is 0.678. The van der Waals surface area contributed by atoms with Crippen LogP contribution in [-0.2, 0) is 4.79 Å². The van der Waals surface area contributed by atoms with E-state index in [2.05, 4.69) is 21.2 Å². The molecule has 5 heteroatoms. The van der Waals surface area contributed by atoms with E-state index in [4.69, 9.17) is 4.74 Å². The summed E-state index contributed by atoms with van der Waals surface area (Å²) in [5.74, 6) is 0.756. The highest BCUT2D eigenvalue weighted by Gasteiger charge is 2.06. The SMILES string of the molecule is CCCC(O)CNC(=O)CCCOc1ccc(Br)cc1. The van der Waals surface area contributed by atoms with Crippen molar-refractivity contribution in [2.45, 2.75) is 38.7 Å². The molecule has 0 aliphatic heterocycles. The average Bonchev–Trinajstić information content (AvgIpc) is 2.43. The van der Waals surface area contributed by atoms with Crippen molar-refractivity contribution in [1.82, 2.24) is 5.32 Å². The third-order valence-electron chi connectivity index (χ3n) is 2.79. The maximum absolute atomic E-state index is 11.5. The maximum Gasteiger partial charge on any atom is 0.220 e. The Morgan fingerprint density at radius 1 is 1.40 bits per heavy atom. The molecule has 1 rings (SSSR count). The van der Waals surface area contributed by atoms with E-state index < -0.39 is 6.10 Å². The smallest absolute Gasteiger partial charge is 0.220 e. The van der Waals surface area contributed by atoms with Gasteiger partial charge in [0, 0.05) is 17.4 Å². The molecule has 2 N–H and O–H groups in total. The number of benzene rings is 1. The summed E-state index contributed by atoms with van der Waals surface area (Å²) < 4.78 is 6.53. The second kappa shape index (κ2) is 9.77. The van der Waals surface area contributed by atoms with Crippen molar-refractivity contribution >= 4 is 21.8 Å². The van der Waals surface area contributed by atoms with Crippen LogP contribution in [0.3, 0.4) is 0 Å². The molecule has 1 aromatic carbocycles. The van der Waals surface area contributed by atoms with E-state index in [9.17, 15) is 9.90 Å². The van der Waals surface area contributed by atoms with Gasteiger partial charge in [-0.25, -0.2) is 0 Å². The predicted octanol–water partition coefficient (Wildman–Crippen LogP) is 2.89. The van der Waals surface area contributed by atoms with Gasteiger partial charge < -0.3 is 15.2 Å². The molecule has 0 heterocycles. The van der Waals surface area contributed by atoms with Crippen molar-refractivity contribution in [3.63, 3.8) is 0 Å². The predicted molar refractivity (Wildman–Crippen MR) is 82.8 cm³/mol. The highest BCUT2D eigenvalue weighted by molar-refractivity contribution is 9.10. The molecule has 0 aromatic heterocycles. The second-order valence-electron chi connectivity index (χ2n) is 4.65. The highest BCUT2D eigenvalue weighted by Crippen LogP contribution is 2.16. The number of carbonyl (C=O) groups is 1. The second-order valence-corrected chi connectivity index (χ2v) is 5.57. The van der Waals surface area contributed by atoms with Gasteiger partial charge in [0.1, 0.15) is 5.75 Å². The standard InChI is InChI=1S/C15H22BrNO3/c1-2-4-13(18)11-17-15(19)5-3-10-20-14-8-6-12(16)7-9-14/h6-9,13,18H,2-5,10-11H2,1H3,(H,17,19). The normalized spacial score (nSPS) is 11.9. The fourth-order valence-electron chi connectivity index (χ4n) is 1.71. The summed E-state index contributed by atoms with van der Waals surface area (Å²) in [6, 6.07) is 7.59. The molecule has 20 heavy (non-hydrogen) atoms. The van der Waals surface area contributed by atoms with Crippen molar-refractivity contribution < 1.29 is 14.6 Å². The molecule has 0 aliphatic rings. The van der Waals surface area contributed by atoms with E-state index in [0.717, 1.165) is 16.6 Å². The number of aliphatic hydroxyl groups excluding tert-OH is 1. The Kier molecular flexibility index (Phi) is 8.30. The fourth-order valence-corrected chi connectivity index (χ4v) is 1.97. The van der Waals surface area contributed by atoms with Gasteiger partial charge in [-0.05, 0) is 37.1 Å². The lowest BCUT2D eigenvalue weighted by Crippen LogP contribution is -2.32. The molecule has 1 unspecified atom stereocenters. The van der Waals surface area contributed by atoms with Gasteiger partial charge in [0.05, 0.1) is 12.7 Å². The average molecular weight is 344 g/mol. The molecule has 1 aromatic rings. The number of aliphatic hydroxyl groups is 1. The minimum absolute atomic E-state index is 0.0421. The van der Waals surface area contributed by atoms with Crippen molar-refractivity contribution in [3.8, 4) is 5.75 Å². The number of hydrogen-bond acceptors (Lipinski definition) is 3. The zero-order chi connectivity index (χ0) is 14.8. The Morgan fingerprint density at radius 3 is 2.75 bits per heavy atom. The van der Waals surface area contributed by atoms with E-state index in [0.29, 0.717) is 32.4 Å². The van der Waals surface area contributed by atoms with Crippen LogP contribution in [0.2, 0.25) is 0 Å². The van der Waals surface area contributed by atoms with Crippen LogP contribution < -0.4 is 10.1 Å². The monoisotopic (exact) mass is 343 g/mol. The van der Waals surface area contributed by atoms with Gasteiger partial charge in [-0.3, -0.25) is 4.79 Å². The Morgan fingerprint density at radius 2 is 2.10 bits per heavy atom. The molecule has 112 valence electrons. The largest absolute Gasteiger partial charge is 0.494 e. The molecule has 0 spiro atoms. The molecule has 0 bridgehead atoms. The number of halogens is 1. The highest BCUT2D eigenvalue weighted by atomic mass is 79.9. The molecular weight excluding hydrogens is 322 g/mol. The Hall–Kier alpha value is -1.07. The zero-order valence-corrected chi connectivity index (χ0v) is 13.4. The van der Waals surface area contributed by atoms with E-state index in [-0.39, 0.29) is 5.91 Å². The maximum atomic E-state index is 11.5. The lowest BCUT2D eigenvalue weighted by molar-refractivity contribution is -0.121. The summed E-state index contributed by atoms with van der Waals surface area (Å²) in [6.45, 7) is 2.84. The van der Waals surface area contributed by atoms with Crippen LogP contribution in [0, 0.1) is 0 Å². The Bertz CT molecular complexity index is 395. The van der Waals surface area contributed by atoms with Gasteiger partial charge in [-0.15, -0.1) is 0 Å². The van der Waals surface area contributed by atoms with Gasteiger partial charge in [0.15, 0.2) is 0 Å². The molecule has 0 saturated carbocycles. The summed E-state index contributed by atoms with van der Waals surface area (Å²) in [6.07, 6.45) is 2.26. The first kappa shape index (κ1) is 17.0. The summed E-state index contributed by atoms with van der Waals surface area (Å²) in [5.41, 5.74) is 0. The van der Waals surface area contributed by atoms with Gasteiger partial charge >= 0.3 is 0 Å². The van der Waals surface area contributed by atoms with Crippen molar-refractivity contribution in [2.24, 2.45) is 0 Å². The zero-order valence-electron chi connectivity index (χ0n) is 11.8. The van der Waals surface area contributed by atoms with Crippen LogP contribution in [0.5, 0.6) is 5.75 Å². The molecule has 0 radical (unpaired) electrons. The van der Waals surface area contributed by atoms with Crippen LogP contribution in [0.4, 0.5) is 0 Å². The minimum Gasteiger partial charge on any atom is -0.494 e. The number of amides is 1. The van der Waals surface area contributed by atoms with Crippen molar-refractivity contribution in [3.05, 3.63) is 28.7 Å². The first-order valence-electron chi connectivity index (χ1n) is 6.95. The lowest BCUT2D eigenvalue weighted by atomic mass is 10.2. The number of nitrogens with one attached hydrogen (secondary N) is 1. The molecule has 4 nitrogen and oxygen atoms in total. The third kappa shape index (κ3) is 7.50. The lowest BCUT2D eigenvalue weighted by Gasteiger charge is -2.11. The summed E-state index contributed by atoms with van der Waals surface area (Å²) >= 11 is 3.36. The molecule has 0 aliphatic carbocycles. The van der Waals surface area contributed by atoms with Gasteiger partial charge in [-0.1, -0.05) is 29.3 Å². The topological polar surface area (TPSA) is 58.6 Å². The van der Waals surface area contributed by atoms with Gasteiger partial charge in [-0.2, -0.15) is 0 Å². The van der Waals surface area contributed by atoms with Gasteiger partial charge in [0.2, 0.25) is 5.91 Å². The Labute approximate surface area is 128 Å². The molecule has 1 amide bonds. The third-order valence-corrected chi connectivity index (χ3v) is 3.32. The number of carbonyl (C=O) groups excluding carboxylic acids is 1. The van der Waals surface area contributed by atoms with E-state index in [1.165, 1.54) is 0 Å². The van der Waals surface area contributed by atoms with E-state index in [1.54, 1.807) is 0 Å². The summed E-state index contributed by atoms with van der Waals surface area (Å²) in [5, 5.41) is 12.2. The molecule has 1 atom stereocenters. The van der Waals surface area contributed by atoms with E-state index in [1.807, 2.05) is 31.2 Å². The van der Waals surface area contributed by atoms with Crippen molar-refractivity contribution in [1.29, 1.82) is 0 Å². The molecular formula is C15H22BrNO3. The Balaban J connectivity index is 2.08. The van der Waals surface area contributed by atoms with E-state index >= 15 is 0 Å². The minimum atomic E-state index is -0.442. The van der Waals surface area contributed by atoms with Gasteiger partial charge in [0.25, 0.3) is 0 Å².